The zero-order valence-corrected chi connectivity index (χ0v) is 11.8. The van der Waals surface area contributed by atoms with Gasteiger partial charge in [-0.15, -0.1) is 0 Å². The van der Waals surface area contributed by atoms with Gasteiger partial charge in [0.05, 0.1) is 0 Å². The summed E-state index contributed by atoms with van der Waals surface area (Å²) in [5.74, 6) is -0.205. The van der Waals surface area contributed by atoms with Gasteiger partial charge in [-0.25, -0.2) is 4.39 Å². The first-order chi connectivity index (χ1) is 7.63. The molecule has 0 aliphatic rings. The fraction of sp³-hybridized carbons (Fsp3) is 0.538. The van der Waals surface area contributed by atoms with Crippen LogP contribution in [0, 0.1) is 5.82 Å². The minimum Gasteiger partial charge on any atom is -0.207 e. The van der Waals surface area contributed by atoms with Crippen LogP contribution in [0.1, 0.15) is 38.2 Å². The van der Waals surface area contributed by atoms with Crippen LogP contribution < -0.4 is 0 Å². The van der Waals surface area contributed by atoms with Crippen molar-refractivity contribution in [3.05, 3.63) is 34.6 Å². The highest BCUT2D eigenvalue weighted by molar-refractivity contribution is 9.09. The molecule has 90 valence electrons. The number of halogens is 3. The minimum absolute atomic E-state index is 0.205. The number of benzene rings is 1. The van der Waals surface area contributed by atoms with E-state index in [9.17, 15) is 4.39 Å². The molecule has 1 unspecified atom stereocenters. The Kier molecular flexibility index (Phi) is 6.37. The van der Waals surface area contributed by atoms with E-state index in [-0.39, 0.29) is 5.82 Å². The third-order valence-corrected chi connectivity index (χ3v) is 3.86. The summed E-state index contributed by atoms with van der Waals surface area (Å²) >= 11 is 9.63. The molecule has 1 atom stereocenters. The molecule has 0 fully saturated rings. The Balaban J connectivity index is 2.39. The zero-order valence-electron chi connectivity index (χ0n) is 9.48. The summed E-state index contributed by atoms with van der Waals surface area (Å²) < 4.78 is 13.0. The van der Waals surface area contributed by atoms with Crippen LogP contribution in [0.5, 0.6) is 0 Å². The van der Waals surface area contributed by atoms with Crippen LogP contribution in [0.25, 0.3) is 0 Å². The Labute approximate surface area is 110 Å². The number of aryl methyl sites for hydroxylation is 1. The Hall–Kier alpha value is -0.0800. The molecule has 0 amide bonds. The fourth-order valence-corrected chi connectivity index (χ4v) is 2.70. The standard InChI is InChI=1S/C13H17BrClF/c1-2-4-11(14)6-3-5-10-9-12(16)7-8-13(10)15/h7-9,11H,2-6H2,1H3. The largest absolute Gasteiger partial charge is 0.207 e. The summed E-state index contributed by atoms with van der Waals surface area (Å²) in [5, 5.41) is 0.669. The molecule has 0 spiro atoms. The van der Waals surface area contributed by atoms with Crippen molar-refractivity contribution in [2.75, 3.05) is 0 Å². The molecule has 0 heterocycles. The lowest BCUT2D eigenvalue weighted by molar-refractivity contribution is 0.620. The lowest BCUT2D eigenvalue weighted by Gasteiger charge is -2.08. The summed E-state index contributed by atoms with van der Waals surface area (Å²) in [7, 11) is 0. The maximum atomic E-state index is 13.0. The van der Waals surface area contributed by atoms with Gasteiger partial charge >= 0.3 is 0 Å². The first-order valence-corrected chi connectivity index (χ1v) is 7.01. The van der Waals surface area contributed by atoms with Crippen molar-refractivity contribution in [2.24, 2.45) is 0 Å². The Bertz CT molecular complexity index is 328. The average molecular weight is 308 g/mol. The first-order valence-electron chi connectivity index (χ1n) is 5.71. The van der Waals surface area contributed by atoms with Gasteiger partial charge in [0, 0.05) is 9.85 Å². The second kappa shape index (κ2) is 7.29. The predicted molar refractivity (Wildman–Crippen MR) is 72.0 cm³/mol. The fourth-order valence-electron chi connectivity index (χ4n) is 1.71. The highest BCUT2D eigenvalue weighted by Crippen LogP contribution is 2.21. The van der Waals surface area contributed by atoms with E-state index in [1.165, 1.54) is 25.0 Å². The summed E-state index contributed by atoms with van der Waals surface area (Å²) in [4.78, 5) is 0.574. The molecule has 0 nitrogen and oxygen atoms in total. The molecule has 0 aromatic heterocycles. The maximum Gasteiger partial charge on any atom is 0.123 e. The molecule has 0 bridgehead atoms. The quantitative estimate of drug-likeness (QED) is 0.620. The predicted octanol–water partition coefficient (Wildman–Crippen LogP) is 5.37. The Morgan fingerprint density at radius 1 is 1.38 bits per heavy atom. The van der Waals surface area contributed by atoms with Crippen molar-refractivity contribution < 1.29 is 4.39 Å². The van der Waals surface area contributed by atoms with Crippen LogP contribution in [-0.2, 0) is 6.42 Å². The molecule has 0 saturated heterocycles. The van der Waals surface area contributed by atoms with Gasteiger partial charge < -0.3 is 0 Å². The summed E-state index contributed by atoms with van der Waals surface area (Å²) in [6, 6.07) is 4.56. The smallest absolute Gasteiger partial charge is 0.123 e. The highest BCUT2D eigenvalue weighted by Gasteiger charge is 2.05. The highest BCUT2D eigenvalue weighted by atomic mass is 79.9. The summed E-state index contributed by atoms with van der Waals surface area (Å²) in [6.07, 6.45) is 5.38. The molecule has 1 aromatic carbocycles. The van der Waals surface area contributed by atoms with E-state index in [0.29, 0.717) is 9.85 Å². The van der Waals surface area contributed by atoms with Crippen molar-refractivity contribution in [2.45, 2.75) is 43.9 Å². The maximum absolute atomic E-state index is 13.0. The number of alkyl halides is 1. The number of hydrogen-bond acceptors (Lipinski definition) is 0. The van der Waals surface area contributed by atoms with Crippen LogP contribution in [0.15, 0.2) is 18.2 Å². The third-order valence-electron chi connectivity index (χ3n) is 2.57. The lowest BCUT2D eigenvalue weighted by atomic mass is 10.1. The van der Waals surface area contributed by atoms with E-state index < -0.39 is 0 Å². The van der Waals surface area contributed by atoms with E-state index in [0.717, 1.165) is 24.8 Å². The minimum atomic E-state index is -0.205. The number of hydrogen-bond donors (Lipinski definition) is 0. The van der Waals surface area contributed by atoms with Crippen LogP contribution in [-0.4, -0.2) is 4.83 Å². The molecule has 0 saturated carbocycles. The van der Waals surface area contributed by atoms with E-state index >= 15 is 0 Å². The van der Waals surface area contributed by atoms with Gasteiger partial charge in [-0.2, -0.15) is 0 Å². The molecule has 0 aliphatic heterocycles. The second-order valence-electron chi connectivity index (χ2n) is 4.01. The molecular weight excluding hydrogens is 290 g/mol. The first kappa shape index (κ1) is 14.0. The molecule has 3 heteroatoms. The van der Waals surface area contributed by atoms with Crippen LogP contribution in [0.3, 0.4) is 0 Å². The lowest BCUT2D eigenvalue weighted by Crippen LogP contribution is -1.98. The molecule has 0 N–H and O–H groups in total. The van der Waals surface area contributed by atoms with E-state index in [2.05, 4.69) is 22.9 Å². The Morgan fingerprint density at radius 3 is 2.81 bits per heavy atom. The average Bonchev–Trinajstić information content (AvgIpc) is 2.23. The summed E-state index contributed by atoms with van der Waals surface area (Å²) in [6.45, 7) is 2.18. The van der Waals surface area contributed by atoms with Gasteiger partial charge in [0.25, 0.3) is 0 Å². The molecule has 0 aliphatic carbocycles. The topological polar surface area (TPSA) is 0 Å². The van der Waals surface area contributed by atoms with Crippen molar-refractivity contribution in [3.8, 4) is 0 Å². The van der Waals surface area contributed by atoms with Crippen LogP contribution in [0.4, 0.5) is 4.39 Å². The van der Waals surface area contributed by atoms with E-state index in [1.54, 1.807) is 6.07 Å². The second-order valence-corrected chi connectivity index (χ2v) is 5.72. The Morgan fingerprint density at radius 2 is 2.12 bits per heavy atom. The third kappa shape index (κ3) is 4.84. The van der Waals surface area contributed by atoms with Crippen molar-refractivity contribution in [1.29, 1.82) is 0 Å². The van der Waals surface area contributed by atoms with Gasteiger partial charge in [0.2, 0.25) is 0 Å². The monoisotopic (exact) mass is 306 g/mol. The van der Waals surface area contributed by atoms with Crippen molar-refractivity contribution in [3.63, 3.8) is 0 Å². The van der Waals surface area contributed by atoms with Gasteiger partial charge in [-0.05, 0) is 49.4 Å². The normalized spacial score (nSPS) is 12.8. The van der Waals surface area contributed by atoms with E-state index in [4.69, 9.17) is 11.6 Å². The molecule has 1 rings (SSSR count). The van der Waals surface area contributed by atoms with Crippen LogP contribution in [0.2, 0.25) is 5.02 Å². The molecule has 0 radical (unpaired) electrons. The summed E-state index contributed by atoms with van der Waals surface area (Å²) in [5.41, 5.74) is 0.915. The van der Waals surface area contributed by atoms with Gasteiger partial charge in [-0.1, -0.05) is 40.9 Å². The van der Waals surface area contributed by atoms with Gasteiger partial charge in [0.15, 0.2) is 0 Å². The van der Waals surface area contributed by atoms with Gasteiger partial charge in [0.1, 0.15) is 5.82 Å². The zero-order chi connectivity index (χ0) is 12.0. The SMILES string of the molecule is CCCC(Br)CCCc1cc(F)ccc1Cl. The number of rotatable bonds is 6. The van der Waals surface area contributed by atoms with Crippen molar-refractivity contribution >= 4 is 27.5 Å². The van der Waals surface area contributed by atoms with E-state index in [1.807, 2.05) is 0 Å². The van der Waals surface area contributed by atoms with Gasteiger partial charge in [-0.3, -0.25) is 0 Å². The van der Waals surface area contributed by atoms with Crippen LogP contribution >= 0.6 is 27.5 Å². The molecule has 1 aromatic rings. The molecule has 16 heavy (non-hydrogen) atoms. The van der Waals surface area contributed by atoms with Crippen molar-refractivity contribution in [1.82, 2.24) is 0 Å². The molecular formula is C13H17BrClF.